The monoisotopic (exact) mass is 406 g/mol. The average Bonchev–Trinajstić information content (AvgIpc) is 2.27. The van der Waals surface area contributed by atoms with E-state index in [0.717, 1.165) is 0 Å². The number of halogens is 1. The minimum Gasteiger partial charge on any atom is -0.481 e. The van der Waals surface area contributed by atoms with Crippen LogP contribution in [0.1, 0.15) is 27.2 Å². The van der Waals surface area contributed by atoms with Crippen molar-refractivity contribution >= 4 is 46.1 Å². The molecule has 4 N–H and O–H groups in total. The van der Waals surface area contributed by atoms with E-state index < -0.39 is 22.0 Å². The van der Waals surface area contributed by atoms with Crippen LogP contribution in [-0.2, 0) is 19.2 Å². The van der Waals surface area contributed by atoms with Crippen LogP contribution in [0.25, 0.3) is 0 Å². The second-order valence-corrected chi connectivity index (χ2v) is 4.86. The molecule has 0 aromatic heterocycles. The zero-order valence-corrected chi connectivity index (χ0v) is 13.5. The van der Waals surface area contributed by atoms with Crippen LogP contribution >= 0.6 is 22.6 Å². The van der Waals surface area contributed by atoms with E-state index in [9.17, 15) is 19.2 Å². The van der Waals surface area contributed by atoms with E-state index in [1.165, 1.54) is 20.8 Å². The zero-order valence-electron chi connectivity index (χ0n) is 11.4. The Morgan fingerprint density at radius 2 is 1.45 bits per heavy atom. The van der Waals surface area contributed by atoms with Crippen molar-refractivity contribution in [2.24, 2.45) is 0 Å². The van der Waals surface area contributed by atoms with Crippen molar-refractivity contribution < 1.29 is 39.6 Å². The van der Waals surface area contributed by atoms with Crippen molar-refractivity contribution in [3.8, 4) is 0 Å². The van der Waals surface area contributed by atoms with Gasteiger partial charge in [0, 0.05) is 0 Å². The number of rotatable bonds is 5. The first-order chi connectivity index (χ1) is 8.95. The van der Waals surface area contributed by atoms with Gasteiger partial charge in [-0.25, -0.2) is 0 Å². The first-order valence-corrected chi connectivity index (χ1v) is 6.57. The number of hydrogen-bond donors (Lipinski definition) is 4. The van der Waals surface area contributed by atoms with Crippen molar-refractivity contribution in [1.82, 2.24) is 0 Å². The Hall–Kier alpha value is -1.07. The van der Waals surface area contributed by atoms with Gasteiger partial charge in [-0.05, 0) is 20.8 Å². The molecule has 0 aliphatic carbocycles. The quantitative estimate of drug-likeness (QED) is 0.280. The molecule has 0 saturated heterocycles. The second kappa shape index (κ2) is 14.3. The molecule has 2 atom stereocenters. The number of ketones is 2. The number of carboxylic acid groups (broad SMARTS) is 2. The van der Waals surface area contributed by atoms with Crippen LogP contribution < -0.4 is 0 Å². The van der Waals surface area contributed by atoms with Crippen LogP contribution in [0.4, 0.5) is 0 Å². The maximum atomic E-state index is 10.2. The number of aliphatic hydroxyl groups excluding tert-OH is 2. The van der Waals surface area contributed by atoms with Crippen LogP contribution in [0, 0.1) is 0 Å². The summed E-state index contributed by atoms with van der Waals surface area (Å²) in [5, 5.41) is 32.0. The summed E-state index contributed by atoms with van der Waals surface area (Å²) in [6.45, 7) is 3.89. The molecule has 0 aliphatic rings. The van der Waals surface area contributed by atoms with E-state index >= 15 is 0 Å². The van der Waals surface area contributed by atoms with E-state index in [-0.39, 0.29) is 24.6 Å². The van der Waals surface area contributed by atoms with E-state index in [1.807, 2.05) is 0 Å². The number of carbonyl (C=O) groups is 4. The van der Waals surface area contributed by atoms with Crippen LogP contribution in [0.15, 0.2) is 0 Å². The normalized spacial score (nSPS) is 11.7. The lowest BCUT2D eigenvalue weighted by molar-refractivity contribution is -0.140. The molecule has 0 saturated carbocycles. The van der Waals surface area contributed by atoms with Gasteiger partial charge in [0.15, 0.2) is 9.71 Å². The number of aliphatic carboxylic acids is 2. The van der Waals surface area contributed by atoms with Gasteiger partial charge < -0.3 is 20.4 Å². The summed E-state index contributed by atoms with van der Waals surface area (Å²) < 4.78 is -0.882. The van der Waals surface area contributed by atoms with Crippen molar-refractivity contribution in [2.75, 3.05) is 6.61 Å². The maximum absolute atomic E-state index is 10.2. The highest BCUT2D eigenvalue weighted by molar-refractivity contribution is 14.1. The molecule has 0 aliphatic heterocycles. The van der Waals surface area contributed by atoms with E-state index in [4.69, 9.17) is 20.4 Å². The number of hydrogen-bond acceptors (Lipinski definition) is 6. The molecule has 0 radical (unpaired) electrons. The van der Waals surface area contributed by atoms with Gasteiger partial charge in [-0.2, -0.15) is 0 Å². The van der Waals surface area contributed by atoms with Gasteiger partial charge >= 0.3 is 11.9 Å². The number of carboxylic acids is 2. The molecule has 9 heteroatoms. The summed E-state index contributed by atoms with van der Waals surface area (Å²) in [4.78, 5) is 39.6. The molecular weight excluding hydrogens is 387 g/mol. The first-order valence-electron chi connectivity index (χ1n) is 5.33. The molecule has 20 heavy (non-hydrogen) atoms. The lowest BCUT2D eigenvalue weighted by Gasteiger charge is -1.94. The highest BCUT2D eigenvalue weighted by Crippen LogP contribution is 2.00. The Kier molecular flexibility index (Phi) is 17.2. The van der Waals surface area contributed by atoms with E-state index in [1.54, 1.807) is 22.6 Å². The summed E-state index contributed by atoms with van der Waals surface area (Å²) in [5.41, 5.74) is 0. The van der Waals surface area contributed by atoms with Crippen LogP contribution in [0.3, 0.4) is 0 Å². The molecule has 0 bridgehead atoms. The van der Waals surface area contributed by atoms with Gasteiger partial charge in [-0.15, -0.1) is 0 Å². The standard InChI is InChI=1S/C4H5IO3.C4H6O3.C3H8O2/c1-2(6)3(5)4(7)8;1-3(5)2-4(6)7;1-3(5)2-4/h3H,1H3,(H,7,8);2H2,1H3,(H,6,7);3-5H,2H2,1H3. The number of alkyl halides is 1. The Morgan fingerprint density at radius 3 is 1.45 bits per heavy atom. The molecule has 0 rings (SSSR count). The molecule has 0 amide bonds. The molecule has 0 heterocycles. The summed E-state index contributed by atoms with van der Waals surface area (Å²) in [5.74, 6) is -2.77. The molecule has 8 nitrogen and oxygen atoms in total. The summed E-state index contributed by atoms with van der Waals surface area (Å²) in [6.07, 6.45) is -0.921. The molecule has 0 fully saturated rings. The summed E-state index contributed by atoms with van der Waals surface area (Å²) >= 11 is 1.57. The van der Waals surface area contributed by atoms with E-state index in [0.29, 0.717) is 0 Å². The van der Waals surface area contributed by atoms with Crippen LogP contribution in [0.2, 0.25) is 0 Å². The SMILES string of the molecule is CC(=O)C(I)C(=O)O.CC(=O)CC(=O)O.CC(O)CO. The third-order valence-corrected chi connectivity index (χ3v) is 2.65. The van der Waals surface area contributed by atoms with Gasteiger partial charge in [0.05, 0.1) is 12.7 Å². The third kappa shape index (κ3) is 25.7. The zero-order chi connectivity index (χ0) is 16.9. The predicted octanol–water partition coefficient (Wildman–Crippen LogP) is -0.127. The maximum Gasteiger partial charge on any atom is 0.324 e. The second-order valence-electron chi connectivity index (χ2n) is 3.62. The van der Waals surface area contributed by atoms with Crippen LogP contribution in [0.5, 0.6) is 0 Å². The van der Waals surface area contributed by atoms with Gasteiger partial charge in [0.1, 0.15) is 12.2 Å². The fraction of sp³-hybridized carbons (Fsp3) is 0.636. The Labute approximate surface area is 129 Å². The predicted molar refractivity (Wildman–Crippen MR) is 77.8 cm³/mol. The number of aliphatic hydroxyl groups is 2. The van der Waals surface area contributed by atoms with Gasteiger partial charge in [-0.1, -0.05) is 22.6 Å². The number of carbonyl (C=O) groups excluding carboxylic acids is 2. The van der Waals surface area contributed by atoms with Crippen molar-refractivity contribution in [2.45, 2.75) is 37.2 Å². The molecule has 118 valence electrons. The Bertz CT molecular complexity index is 300. The van der Waals surface area contributed by atoms with Gasteiger partial charge in [-0.3, -0.25) is 19.2 Å². The minimum absolute atomic E-state index is 0.139. The first kappa shape index (κ1) is 24.0. The van der Waals surface area contributed by atoms with E-state index in [2.05, 4.69) is 0 Å². The van der Waals surface area contributed by atoms with Gasteiger partial charge in [0.2, 0.25) is 0 Å². The Balaban J connectivity index is -0.000000223. The van der Waals surface area contributed by atoms with Crippen molar-refractivity contribution in [1.29, 1.82) is 0 Å². The van der Waals surface area contributed by atoms with Crippen LogP contribution in [-0.4, -0.2) is 60.6 Å². The Morgan fingerprint density at radius 1 is 1.10 bits per heavy atom. The van der Waals surface area contributed by atoms with Crippen molar-refractivity contribution in [3.63, 3.8) is 0 Å². The topological polar surface area (TPSA) is 149 Å². The molecule has 0 aromatic carbocycles. The third-order valence-electron chi connectivity index (χ3n) is 1.24. The largest absolute Gasteiger partial charge is 0.481 e. The molecule has 0 spiro atoms. The lowest BCUT2D eigenvalue weighted by atomic mass is 10.3. The van der Waals surface area contributed by atoms with Crippen molar-refractivity contribution in [3.05, 3.63) is 0 Å². The smallest absolute Gasteiger partial charge is 0.324 e. The molecule has 0 aromatic rings. The molecular formula is C11H19IO8. The highest BCUT2D eigenvalue weighted by Gasteiger charge is 2.16. The summed E-state index contributed by atoms with van der Waals surface area (Å²) in [7, 11) is 0. The average molecular weight is 406 g/mol. The highest BCUT2D eigenvalue weighted by atomic mass is 127. The lowest BCUT2D eigenvalue weighted by Crippen LogP contribution is -2.20. The fourth-order valence-electron chi connectivity index (χ4n) is 0.387. The summed E-state index contributed by atoms with van der Waals surface area (Å²) in [6, 6.07) is 0. The molecule has 2 unspecified atom stereocenters. The van der Waals surface area contributed by atoms with Gasteiger partial charge in [0.25, 0.3) is 0 Å². The minimum atomic E-state index is -1.07. The number of Topliss-reactive ketones (excluding diaryl/α,β-unsaturated/α-hetero) is 2. The fourth-order valence-corrected chi connectivity index (χ4v) is 0.387.